The Morgan fingerprint density at radius 2 is 2.00 bits per heavy atom. The first kappa shape index (κ1) is 13.9. The van der Waals surface area contributed by atoms with Crippen LogP contribution in [0.4, 0.5) is 5.69 Å². The number of amides is 1. The van der Waals surface area contributed by atoms with E-state index in [0.29, 0.717) is 17.8 Å². The average molecular weight is 284 g/mol. The summed E-state index contributed by atoms with van der Waals surface area (Å²) in [6.45, 7) is 1.41. The predicted octanol–water partition coefficient (Wildman–Crippen LogP) is 2.67. The molecule has 2 aromatic rings. The molecule has 0 aliphatic carbocycles. The lowest BCUT2D eigenvalue weighted by molar-refractivity contribution is 0.0269. The molecule has 1 aliphatic rings. The Balaban J connectivity index is 1.92. The van der Waals surface area contributed by atoms with Crippen molar-refractivity contribution in [1.29, 1.82) is 0 Å². The normalized spacial score (nSPS) is 18.9. The number of rotatable bonds is 2. The van der Waals surface area contributed by atoms with Crippen LogP contribution in [-0.2, 0) is 4.74 Å². The van der Waals surface area contributed by atoms with E-state index in [1.54, 1.807) is 7.11 Å². The minimum absolute atomic E-state index is 0.00000283. The lowest BCUT2D eigenvalue weighted by atomic mass is 10.0. The van der Waals surface area contributed by atoms with Crippen molar-refractivity contribution in [2.75, 3.05) is 25.9 Å². The number of methoxy groups -OCH3 is 1. The van der Waals surface area contributed by atoms with Gasteiger partial charge in [-0.15, -0.1) is 0 Å². The van der Waals surface area contributed by atoms with Crippen molar-refractivity contribution >= 4 is 22.4 Å². The fourth-order valence-electron chi connectivity index (χ4n) is 2.93. The first-order valence-corrected chi connectivity index (χ1v) is 7.29. The molecule has 1 amide bonds. The monoisotopic (exact) mass is 284 g/mol. The second kappa shape index (κ2) is 5.74. The van der Waals surface area contributed by atoms with Crippen molar-refractivity contribution < 1.29 is 9.53 Å². The van der Waals surface area contributed by atoms with Crippen LogP contribution in [0.5, 0.6) is 0 Å². The van der Waals surface area contributed by atoms with Gasteiger partial charge in [-0.05, 0) is 35.7 Å². The molecule has 4 nitrogen and oxygen atoms in total. The Kier molecular flexibility index (Phi) is 3.80. The minimum Gasteiger partial charge on any atom is -0.398 e. The quantitative estimate of drug-likeness (QED) is 0.863. The number of nitrogens with two attached hydrogens (primary N) is 1. The summed E-state index contributed by atoms with van der Waals surface area (Å²) >= 11 is 0. The van der Waals surface area contributed by atoms with Gasteiger partial charge in [0.2, 0.25) is 0 Å². The second-order valence-electron chi connectivity index (χ2n) is 5.54. The van der Waals surface area contributed by atoms with Gasteiger partial charge >= 0.3 is 0 Å². The zero-order chi connectivity index (χ0) is 14.8. The highest BCUT2D eigenvalue weighted by Gasteiger charge is 2.25. The molecule has 1 heterocycles. The van der Waals surface area contributed by atoms with Gasteiger partial charge in [0.1, 0.15) is 0 Å². The number of likely N-dealkylation sites (tertiary alicyclic amines) is 1. The molecule has 0 aromatic heterocycles. The minimum atomic E-state index is 0.00000283. The van der Waals surface area contributed by atoms with Crippen molar-refractivity contribution in [3.63, 3.8) is 0 Å². The van der Waals surface area contributed by atoms with Crippen LogP contribution in [0.25, 0.3) is 10.8 Å². The van der Waals surface area contributed by atoms with E-state index in [4.69, 9.17) is 10.5 Å². The zero-order valence-electron chi connectivity index (χ0n) is 12.2. The number of ether oxygens (including phenoxy) is 1. The molecule has 1 fully saturated rings. The molecule has 3 rings (SSSR count). The predicted molar refractivity (Wildman–Crippen MR) is 84.3 cm³/mol. The molecule has 1 unspecified atom stereocenters. The largest absolute Gasteiger partial charge is 0.398 e. The first-order valence-electron chi connectivity index (χ1n) is 7.29. The lowest BCUT2D eigenvalue weighted by Gasteiger charge is -2.32. The van der Waals surface area contributed by atoms with E-state index in [-0.39, 0.29) is 12.0 Å². The molecule has 2 aromatic carbocycles. The van der Waals surface area contributed by atoms with Crippen LogP contribution in [0.2, 0.25) is 0 Å². The summed E-state index contributed by atoms with van der Waals surface area (Å²) in [7, 11) is 1.70. The molecule has 1 atom stereocenters. The maximum absolute atomic E-state index is 12.7. The van der Waals surface area contributed by atoms with Gasteiger partial charge < -0.3 is 15.4 Å². The summed E-state index contributed by atoms with van der Waals surface area (Å²) in [4.78, 5) is 14.6. The van der Waals surface area contributed by atoms with Gasteiger partial charge in [0.15, 0.2) is 0 Å². The van der Waals surface area contributed by atoms with Gasteiger partial charge in [0, 0.05) is 25.9 Å². The van der Waals surface area contributed by atoms with Crippen LogP contribution in [0.15, 0.2) is 36.4 Å². The maximum atomic E-state index is 12.7. The molecule has 0 bridgehead atoms. The number of anilines is 1. The first-order chi connectivity index (χ1) is 10.2. The third-order valence-electron chi connectivity index (χ3n) is 4.15. The molecule has 0 saturated carbocycles. The summed E-state index contributed by atoms with van der Waals surface area (Å²) in [5, 5.41) is 2.09. The van der Waals surface area contributed by atoms with E-state index in [9.17, 15) is 4.79 Å². The van der Waals surface area contributed by atoms with Crippen LogP contribution < -0.4 is 5.73 Å². The Labute approximate surface area is 124 Å². The number of benzene rings is 2. The van der Waals surface area contributed by atoms with Crippen molar-refractivity contribution in [1.82, 2.24) is 4.90 Å². The van der Waals surface area contributed by atoms with E-state index in [1.807, 2.05) is 41.3 Å². The highest BCUT2D eigenvalue weighted by atomic mass is 16.5. The van der Waals surface area contributed by atoms with Crippen LogP contribution in [-0.4, -0.2) is 37.1 Å². The molecule has 0 radical (unpaired) electrons. The highest BCUT2D eigenvalue weighted by Crippen LogP contribution is 2.24. The Morgan fingerprint density at radius 3 is 2.71 bits per heavy atom. The second-order valence-corrected chi connectivity index (χ2v) is 5.54. The molecule has 1 saturated heterocycles. The summed E-state index contributed by atoms with van der Waals surface area (Å²) < 4.78 is 5.38. The van der Waals surface area contributed by atoms with Crippen LogP contribution in [0.1, 0.15) is 23.2 Å². The zero-order valence-corrected chi connectivity index (χ0v) is 12.2. The number of fused-ring (bicyclic) bond motifs is 1. The van der Waals surface area contributed by atoms with E-state index in [0.717, 1.165) is 30.2 Å². The number of hydrogen-bond donors (Lipinski definition) is 1. The molecular weight excluding hydrogens is 264 g/mol. The molecule has 0 spiro atoms. The fraction of sp³-hybridized carbons (Fsp3) is 0.353. The van der Waals surface area contributed by atoms with Gasteiger partial charge in [-0.2, -0.15) is 0 Å². The van der Waals surface area contributed by atoms with E-state index < -0.39 is 0 Å². The van der Waals surface area contributed by atoms with Crippen LogP contribution in [0, 0.1) is 0 Å². The van der Waals surface area contributed by atoms with E-state index in [1.165, 1.54) is 0 Å². The highest BCUT2D eigenvalue weighted by molar-refractivity contribution is 6.04. The Bertz CT molecular complexity index is 669. The third-order valence-corrected chi connectivity index (χ3v) is 4.15. The fourth-order valence-corrected chi connectivity index (χ4v) is 2.93. The van der Waals surface area contributed by atoms with Crippen molar-refractivity contribution in [2.24, 2.45) is 0 Å². The number of piperidine rings is 1. The average Bonchev–Trinajstić information content (AvgIpc) is 2.53. The number of nitrogen functional groups attached to an aromatic ring is 1. The van der Waals surface area contributed by atoms with Gasteiger partial charge in [-0.3, -0.25) is 4.79 Å². The van der Waals surface area contributed by atoms with Gasteiger partial charge in [0.05, 0.1) is 11.7 Å². The number of nitrogens with zero attached hydrogens (tertiary/aromatic N) is 1. The van der Waals surface area contributed by atoms with E-state index in [2.05, 4.69) is 0 Å². The summed E-state index contributed by atoms with van der Waals surface area (Å²) in [5.74, 6) is 0.00000283. The number of carbonyl (C=O) groups excluding carboxylic acids is 1. The molecule has 2 N–H and O–H groups in total. The molecule has 4 heteroatoms. The maximum Gasteiger partial charge on any atom is 0.256 e. The van der Waals surface area contributed by atoms with Gasteiger partial charge in [-0.25, -0.2) is 0 Å². The topological polar surface area (TPSA) is 55.6 Å². The smallest absolute Gasteiger partial charge is 0.256 e. The Hall–Kier alpha value is -2.07. The van der Waals surface area contributed by atoms with E-state index >= 15 is 0 Å². The molecule has 1 aliphatic heterocycles. The SMILES string of the molecule is COC1CCCN(C(=O)c2cc3ccccc3cc2N)C1. The third kappa shape index (κ3) is 2.72. The molecule has 21 heavy (non-hydrogen) atoms. The summed E-state index contributed by atoms with van der Waals surface area (Å²) in [6.07, 6.45) is 2.11. The molecular formula is C17H20N2O2. The molecule has 110 valence electrons. The summed E-state index contributed by atoms with van der Waals surface area (Å²) in [6, 6.07) is 11.7. The number of carbonyl (C=O) groups is 1. The standard InChI is InChI=1S/C17H20N2O2/c1-21-14-7-4-8-19(11-14)17(20)15-9-12-5-2-3-6-13(12)10-16(15)18/h2-3,5-6,9-10,14H,4,7-8,11,18H2,1H3. The van der Waals surface area contributed by atoms with Gasteiger partial charge in [-0.1, -0.05) is 24.3 Å². The van der Waals surface area contributed by atoms with Crippen molar-refractivity contribution in [2.45, 2.75) is 18.9 Å². The number of hydrogen-bond acceptors (Lipinski definition) is 3. The van der Waals surface area contributed by atoms with Crippen molar-refractivity contribution in [3.8, 4) is 0 Å². The Morgan fingerprint density at radius 1 is 1.29 bits per heavy atom. The lowest BCUT2D eigenvalue weighted by Crippen LogP contribution is -2.43. The van der Waals surface area contributed by atoms with Crippen LogP contribution >= 0.6 is 0 Å². The van der Waals surface area contributed by atoms with Crippen molar-refractivity contribution in [3.05, 3.63) is 42.0 Å². The van der Waals surface area contributed by atoms with Crippen LogP contribution in [0.3, 0.4) is 0 Å². The van der Waals surface area contributed by atoms with Gasteiger partial charge in [0.25, 0.3) is 5.91 Å². The summed E-state index contributed by atoms with van der Waals surface area (Å²) in [5.41, 5.74) is 7.21.